The van der Waals surface area contributed by atoms with E-state index in [1.807, 2.05) is 0 Å². The van der Waals surface area contributed by atoms with E-state index in [1.165, 1.54) is 19.5 Å². The van der Waals surface area contributed by atoms with Gasteiger partial charge in [0.25, 0.3) is 0 Å². The van der Waals surface area contributed by atoms with Gasteiger partial charge in [-0.15, -0.1) is 0 Å². The third-order valence-electron chi connectivity index (χ3n) is 4.56. The molecule has 1 heterocycles. The minimum Gasteiger partial charge on any atom is -0.378 e. The Morgan fingerprint density at radius 1 is 1.41 bits per heavy atom. The molecule has 2 aliphatic rings. The topological polar surface area (TPSA) is 41.7 Å². The van der Waals surface area contributed by atoms with Crippen LogP contribution in [0.1, 0.15) is 26.2 Å². The fraction of sp³-hybridized carbons (Fsp3) is 1.00. The third-order valence-corrected chi connectivity index (χ3v) is 4.56. The van der Waals surface area contributed by atoms with Crippen LogP contribution in [0, 0.1) is 0 Å². The Kier molecular flexibility index (Phi) is 4.08. The quantitative estimate of drug-likeness (QED) is 0.762. The molecule has 0 amide bonds. The summed E-state index contributed by atoms with van der Waals surface area (Å²) in [6, 6.07) is 0.699. The maximum absolute atomic E-state index is 6.02. The van der Waals surface area contributed by atoms with E-state index in [9.17, 15) is 0 Å². The SMILES string of the molecule is CCOC1CC(CN)(N2CCC(N(C)C)C2)C1. The molecule has 2 fully saturated rings. The number of rotatable bonds is 5. The molecule has 1 saturated carbocycles. The van der Waals surface area contributed by atoms with Crippen LogP contribution in [-0.2, 0) is 4.74 Å². The highest BCUT2D eigenvalue weighted by molar-refractivity contribution is 5.06. The van der Waals surface area contributed by atoms with Gasteiger partial charge in [-0.3, -0.25) is 4.90 Å². The largest absolute Gasteiger partial charge is 0.378 e. The molecule has 2 rings (SSSR count). The summed E-state index contributed by atoms with van der Waals surface area (Å²) in [7, 11) is 4.35. The molecule has 0 aromatic carbocycles. The lowest BCUT2D eigenvalue weighted by Crippen LogP contribution is -2.63. The van der Waals surface area contributed by atoms with Crippen LogP contribution in [0.3, 0.4) is 0 Å². The highest BCUT2D eigenvalue weighted by Crippen LogP contribution is 2.41. The molecule has 0 spiro atoms. The highest BCUT2D eigenvalue weighted by Gasteiger charge is 2.49. The van der Waals surface area contributed by atoms with Crippen molar-refractivity contribution in [1.29, 1.82) is 0 Å². The minimum absolute atomic E-state index is 0.241. The zero-order chi connectivity index (χ0) is 12.5. The number of ether oxygens (including phenoxy) is 1. The average Bonchev–Trinajstić information content (AvgIpc) is 2.72. The molecule has 1 saturated heterocycles. The molecule has 4 heteroatoms. The molecule has 2 N–H and O–H groups in total. The van der Waals surface area contributed by atoms with Gasteiger partial charge in [-0.05, 0) is 40.3 Å². The first kappa shape index (κ1) is 13.3. The number of likely N-dealkylation sites (tertiary alicyclic amines) is 1. The minimum atomic E-state index is 0.241. The zero-order valence-corrected chi connectivity index (χ0v) is 11.5. The molecule has 0 aromatic heterocycles. The number of hydrogen-bond donors (Lipinski definition) is 1. The van der Waals surface area contributed by atoms with E-state index in [-0.39, 0.29) is 5.54 Å². The lowest BCUT2D eigenvalue weighted by Gasteiger charge is -2.52. The normalized spacial score (nSPS) is 38.6. The number of hydrogen-bond acceptors (Lipinski definition) is 4. The van der Waals surface area contributed by atoms with Crippen molar-refractivity contribution in [3.05, 3.63) is 0 Å². The highest BCUT2D eigenvalue weighted by atomic mass is 16.5. The van der Waals surface area contributed by atoms with Crippen molar-refractivity contribution >= 4 is 0 Å². The fourth-order valence-corrected chi connectivity index (χ4v) is 3.29. The second-order valence-corrected chi connectivity index (χ2v) is 5.77. The van der Waals surface area contributed by atoms with Gasteiger partial charge in [0.05, 0.1) is 6.10 Å². The van der Waals surface area contributed by atoms with Crippen LogP contribution in [0.2, 0.25) is 0 Å². The smallest absolute Gasteiger partial charge is 0.0611 e. The van der Waals surface area contributed by atoms with Crippen molar-refractivity contribution in [1.82, 2.24) is 9.80 Å². The van der Waals surface area contributed by atoms with E-state index in [2.05, 4.69) is 30.8 Å². The van der Waals surface area contributed by atoms with Crippen LogP contribution in [0.5, 0.6) is 0 Å². The van der Waals surface area contributed by atoms with Crippen molar-refractivity contribution in [3.63, 3.8) is 0 Å². The van der Waals surface area contributed by atoms with E-state index in [0.29, 0.717) is 12.1 Å². The van der Waals surface area contributed by atoms with Crippen LogP contribution in [0.25, 0.3) is 0 Å². The maximum Gasteiger partial charge on any atom is 0.0611 e. The Hall–Kier alpha value is -0.160. The number of nitrogens with two attached hydrogens (primary N) is 1. The Morgan fingerprint density at radius 2 is 2.12 bits per heavy atom. The molecule has 0 aromatic rings. The van der Waals surface area contributed by atoms with Crippen molar-refractivity contribution in [2.75, 3.05) is 40.3 Å². The molecular weight excluding hydrogens is 214 g/mol. The van der Waals surface area contributed by atoms with Gasteiger partial charge in [0.2, 0.25) is 0 Å². The monoisotopic (exact) mass is 241 g/mol. The van der Waals surface area contributed by atoms with Crippen LogP contribution < -0.4 is 5.73 Å². The predicted octanol–water partition coefficient (Wildman–Crippen LogP) is 0.519. The second-order valence-electron chi connectivity index (χ2n) is 5.77. The summed E-state index contributed by atoms with van der Waals surface area (Å²) in [4.78, 5) is 4.94. The van der Waals surface area contributed by atoms with Gasteiger partial charge in [-0.25, -0.2) is 0 Å². The van der Waals surface area contributed by atoms with Gasteiger partial charge >= 0.3 is 0 Å². The molecular formula is C13H27N3O. The van der Waals surface area contributed by atoms with Gasteiger partial charge < -0.3 is 15.4 Å². The van der Waals surface area contributed by atoms with Gasteiger partial charge in [0.15, 0.2) is 0 Å². The van der Waals surface area contributed by atoms with Crippen molar-refractivity contribution < 1.29 is 4.74 Å². The van der Waals surface area contributed by atoms with Crippen LogP contribution >= 0.6 is 0 Å². The maximum atomic E-state index is 6.02. The standard InChI is InChI=1S/C13H27N3O/c1-4-17-12-7-13(8-12,10-14)16-6-5-11(9-16)15(2)3/h11-12H,4-10,14H2,1-3H3. The fourth-order valence-electron chi connectivity index (χ4n) is 3.29. The molecule has 1 aliphatic carbocycles. The summed E-state index contributed by atoms with van der Waals surface area (Å²) in [6.07, 6.45) is 3.96. The second kappa shape index (κ2) is 5.22. The molecule has 0 bridgehead atoms. The average molecular weight is 241 g/mol. The molecule has 100 valence electrons. The molecule has 1 unspecified atom stereocenters. The lowest BCUT2D eigenvalue weighted by atomic mass is 9.73. The number of likely N-dealkylation sites (N-methyl/N-ethyl adjacent to an activating group) is 1. The summed E-state index contributed by atoms with van der Waals surface area (Å²) in [5, 5.41) is 0. The molecule has 17 heavy (non-hydrogen) atoms. The first-order valence-corrected chi connectivity index (χ1v) is 6.84. The van der Waals surface area contributed by atoms with Crippen LogP contribution in [0.4, 0.5) is 0 Å². The molecule has 1 aliphatic heterocycles. The van der Waals surface area contributed by atoms with Gasteiger partial charge in [-0.2, -0.15) is 0 Å². The Balaban J connectivity index is 1.89. The summed E-state index contributed by atoms with van der Waals surface area (Å²) in [5.41, 5.74) is 6.26. The lowest BCUT2D eigenvalue weighted by molar-refractivity contribution is -0.0943. The first-order chi connectivity index (χ1) is 8.11. The van der Waals surface area contributed by atoms with Crippen molar-refractivity contribution in [3.8, 4) is 0 Å². The summed E-state index contributed by atoms with van der Waals surface area (Å²) < 4.78 is 5.68. The Morgan fingerprint density at radius 3 is 2.59 bits per heavy atom. The van der Waals surface area contributed by atoms with Gasteiger partial charge in [0, 0.05) is 37.8 Å². The molecule has 0 radical (unpaired) electrons. The molecule has 4 nitrogen and oxygen atoms in total. The van der Waals surface area contributed by atoms with Gasteiger partial charge in [-0.1, -0.05) is 0 Å². The van der Waals surface area contributed by atoms with Gasteiger partial charge in [0.1, 0.15) is 0 Å². The van der Waals surface area contributed by atoms with Crippen molar-refractivity contribution in [2.45, 2.75) is 43.9 Å². The molecule has 1 atom stereocenters. The van der Waals surface area contributed by atoms with Crippen molar-refractivity contribution in [2.24, 2.45) is 5.73 Å². The summed E-state index contributed by atoms with van der Waals surface area (Å²) >= 11 is 0. The van der Waals surface area contributed by atoms with E-state index >= 15 is 0 Å². The van der Waals surface area contributed by atoms with Crippen LogP contribution in [-0.4, -0.2) is 67.8 Å². The summed E-state index contributed by atoms with van der Waals surface area (Å²) in [5.74, 6) is 0. The Bertz CT molecular complexity index is 251. The van der Waals surface area contributed by atoms with Crippen LogP contribution in [0.15, 0.2) is 0 Å². The van der Waals surface area contributed by atoms with E-state index in [0.717, 1.165) is 26.0 Å². The van der Waals surface area contributed by atoms with E-state index in [4.69, 9.17) is 10.5 Å². The third kappa shape index (κ3) is 2.50. The zero-order valence-electron chi connectivity index (χ0n) is 11.5. The first-order valence-electron chi connectivity index (χ1n) is 6.84. The predicted molar refractivity (Wildman–Crippen MR) is 70.1 cm³/mol. The number of nitrogens with zero attached hydrogens (tertiary/aromatic N) is 2. The van der Waals surface area contributed by atoms with E-state index < -0.39 is 0 Å². The Labute approximate surface area is 105 Å². The van der Waals surface area contributed by atoms with E-state index in [1.54, 1.807) is 0 Å². The summed E-state index contributed by atoms with van der Waals surface area (Å²) in [6.45, 7) is 6.03.